The van der Waals surface area contributed by atoms with Gasteiger partial charge in [-0.1, -0.05) is 0 Å². The van der Waals surface area contributed by atoms with Gasteiger partial charge in [-0.15, -0.1) is 0 Å². The minimum absolute atomic E-state index is 0.0701. The monoisotopic (exact) mass is 364 g/mol. The van der Waals surface area contributed by atoms with E-state index in [1.54, 1.807) is 38.1 Å². The quantitative estimate of drug-likeness (QED) is 0.846. The van der Waals surface area contributed by atoms with E-state index in [0.29, 0.717) is 28.3 Å². The van der Waals surface area contributed by atoms with Crippen LogP contribution in [0.15, 0.2) is 35.2 Å². The van der Waals surface area contributed by atoms with Crippen LogP contribution in [0.25, 0.3) is 0 Å². The summed E-state index contributed by atoms with van der Waals surface area (Å²) in [5, 5.41) is 7.93. The topological polar surface area (TPSA) is 108 Å². The van der Waals surface area contributed by atoms with Gasteiger partial charge in [0.05, 0.1) is 24.8 Å². The van der Waals surface area contributed by atoms with Gasteiger partial charge in [0, 0.05) is 11.6 Å². The van der Waals surface area contributed by atoms with E-state index < -0.39 is 15.9 Å². The molecule has 7 nitrogen and oxygen atoms in total. The second kappa shape index (κ2) is 7.12. The van der Waals surface area contributed by atoms with Crippen LogP contribution in [0.4, 0.5) is 5.69 Å². The first-order valence-corrected chi connectivity index (χ1v) is 8.89. The van der Waals surface area contributed by atoms with Crippen molar-refractivity contribution in [2.75, 3.05) is 19.5 Å². The Kier molecular flexibility index (Phi) is 5.34. The predicted molar refractivity (Wildman–Crippen MR) is 94.8 cm³/mol. The highest BCUT2D eigenvalue weighted by Crippen LogP contribution is 2.30. The standard InChI is InChI=1S/C17H20N2O5S/c1-10-7-12(8-16(11(10)2)25(18,21)22)17(20)19-14-6-5-13(23-3)9-15(14)24-4/h5-9H,1-4H3,(H,19,20)(H2,18,21,22). The molecule has 0 aliphatic carbocycles. The molecule has 0 aliphatic rings. The third-order valence-electron chi connectivity index (χ3n) is 3.85. The van der Waals surface area contributed by atoms with E-state index in [4.69, 9.17) is 14.6 Å². The molecule has 0 saturated carbocycles. The summed E-state index contributed by atoms with van der Waals surface area (Å²) < 4.78 is 33.8. The predicted octanol–water partition coefficient (Wildman–Crippen LogP) is 2.22. The van der Waals surface area contributed by atoms with Crippen LogP contribution in [0.2, 0.25) is 0 Å². The normalized spacial score (nSPS) is 11.1. The van der Waals surface area contributed by atoms with Gasteiger partial charge in [0.15, 0.2) is 0 Å². The zero-order valence-corrected chi connectivity index (χ0v) is 15.2. The summed E-state index contributed by atoms with van der Waals surface area (Å²) in [5.74, 6) is 0.525. The second-order valence-electron chi connectivity index (χ2n) is 5.48. The van der Waals surface area contributed by atoms with E-state index in [1.165, 1.54) is 20.3 Å². The molecule has 2 rings (SSSR count). The fourth-order valence-electron chi connectivity index (χ4n) is 2.35. The minimum Gasteiger partial charge on any atom is -0.497 e. The lowest BCUT2D eigenvalue weighted by Crippen LogP contribution is -2.18. The van der Waals surface area contributed by atoms with Crippen molar-refractivity contribution in [1.29, 1.82) is 0 Å². The van der Waals surface area contributed by atoms with Gasteiger partial charge in [0.2, 0.25) is 10.0 Å². The maximum Gasteiger partial charge on any atom is 0.255 e. The van der Waals surface area contributed by atoms with Gasteiger partial charge in [0.25, 0.3) is 5.91 Å². The van der Waals surface area contributed by atoms with Crippen molar-refractivity contribution in [2.45, 2.75) is 18.7 Å². The van der Waals surface area contributed by atoms with E-state index in [1.807, 2.05) is 0 Å². The fourth-order valence-corrected chi connectivity index (χ4v) is 3.23. The molecule has 134 valence electrons. The van der Waals surface area contributed by atoms with Crippen LogP contribution in [0.3, 0.4) is 0 Å². The summed E-state index contributed by atoms with van der Waals surface area (Å²) in [7, 11) is -0.931. The summed E-state index contributed by atoms with van der Waals surface area (Å²) in [6, 6.07) is 7.82. The Morgan fingerprint density at radius 1 is 1.08 bits per heavy atom. The average Bonchev–Trinajstić information content (AvgIpc) is 2.56. The molecular weight excluding hydrogens is 344 g/mol. The Labute approximate surface area is 146 Å². The number of carbonyl (C=O) groups is 1. The van der Waals surface area contributed by atoms with Gasteiger partial charge >= 0.3 is 0 Å². The van der Waals surface area contributed by atoms with Crippen molar-refractivity contribution in [3.05, 3.63) is 47.0 Å². The van der Waals surface area contributed by atoms with Crippen LogP contribution in [-0.2, 0) is 10.0 Å². The highest BCUT2D eigenvalue weighted by atomic mass is 32.2. The Morgan fingerprint density at radius 3 is 2.32 bits per heavy atom. The number of sulfonamides is 1. The lowest BCUT2D eigenvalue weighted by molar-refractivity contribution is 0.102. The lowest BCUT2D eigenvalue weighted by Gasteiger charge is -2.13. The van der Waals surface area contributed by atoms with Crippen molar-refractivity contribution >= 4 is 21.6 Å². The molecule has 0 saturated heterocycles. The van der Waals surface area contributed by atoms with Crippen molar-refractivity contribution in [1.82, 2.24) is 0 Å². The molecule has 0 fully saturated rings. The van der Waals surface area contributed by atoms with E-state index in [9.17, 15) is 13.2 Å². The first-order chi connectivity index (χ1) is 11.7. The van der Waals surface area contributed by atoms with Crippen LogP contribution < -0.4 is 19.9 Å². The zero-order chi connectivity index (χ0) is 18.8. The number of ether oxygens (including phenoxy) is 2. The molecule has 0 aliphatic heterocycles. The van der Waals surface area contributed by atoms with Crippen LogP contribution in [-0.4, -0.2) is 28.5 Å². The molecule has 0 radical (unpaired) electrons. The maximum absolute atomic E-state index is 12.5. The van der Waals surface area contributed by atoms with E-state index in [0.717, 1.165) is 0 Å². The molecular formula is C17H20N2O5S. The van der Waals surface area contributed by atoms with Crippen LogP contribution in [0.5, 0.6) is 11.5 Å². The molecule has 0 atom stereocenters. The first-order valence-electron chi connectivity index (χ1n) is 7.34. The molecule has 0 spiro atoms. The zero-order valence-electron chi connectivity index (χ0n) is 14.4. The van der Waals surface area contributed by atoms with Crippen molar-refractivity contribution < 1.29 is 22.7 Å². The van der Waals surface area contributed by atoms with Crippen molar-refractivity contribution in [3.63, 3.8) is 0 Å². The van der Waals surface area contributed by atoms with E-state index >= 15 is 0 Å². The Morgan fingerprint density at radius 2 is 1.76 bits per heavy atom. The number of aryl methyl sites for hydroxylation is 1. The highest BCUT2D eigenvalue weighted by Gasteiger charge is 2.18. The molecule has 25 heavy (non-hydrogen) atoms. The summed E-state index contributed by atoms with van der Waals surface area (Å²) in [6.07, 6.45) is 0. The van der Waals surface area contributed by atoms with Crippen LogP contribution in [0.1, 0.15) is 21.5 Å². The molecule has 0 bridgehead atoms. The minimum atomic E-state index is -3.93. The number of primary sulfonamides is 1. The molecule has 2 aromatic carbocycles. The number of hydrogen-bond acceptors (Lipinski definition) is 5. The van der Waals surface area contributed by atoms with Gasteiger partial charge in [0.1, 0.15) is 11.5 Å². The van der Waals surface area contributed by atoms with Crippen molar-refractivity contribution in [3.8, 4) is 11.5 Å². The number of rotatable bonds is 5. The van der Waals surface area contributed by atoms with Gasteiger partial charge < -0.3 is 14.8 Å². The van der Waals surface area contributed by atoms with Gasteiger partial charge in [-0.3, -0.25) is 4.79 Å². The molecule has 8 heteroatoms. The summed E-state index contributed by atoms with van der Waals surface area (Å²) in [4.78, 5) is 12.5. The molecule has 0 heterocycles. The molecule has 0 aromatic heterocycles. The lowest BCUT2D eigenvalue weighted by atomic mass is 10.1. The molecule has 3 N–H and O–H groups in total. The van der Waals surface area contributed by atoms with Gasteiger partial charge in [-0.25, -0.2) is 13.6 Å². The van der Waals surface area contributed by atoms with Crippen molar-refractivity contribution in [2.24, 2.45) is 5.14 Å². The highest BCUT2D eigenvalue weighted by molar-refractivity contribution is 7.89. The molecule has 0 unspecified atom stereocenters. The summed E-state index contributed by atoms with van der Waals surface area (Å²) in [6.45, 7) is 3.36. The van der Waals surface area contributed by atoms with Crippen LogP contribution >= 0.6 is 0 Å². The van der Waals surface area contributed by atoms with E-state index in [2.05, 4.69) is 5.32 Å². The SMILES string of the molecule is COc1ccc(NC(=O)c2cc(C)c(C)c(S(N)(=O)=O)c2)c(OC)c1. The molecule has 2 aromatic rings. The smallest absolute Gasteiger partial charge is 0.255 e. The Bertz CT molecular complexity index is 923. The van der Waals surface area contributed by atoms with Gasteiger partial charge in [-0.05, 0) is 49.2 Å². The van der Waals surface area contributed by atoms with Gasteiger partial charge in [-0.2, -0.15) is 0 Å². The van der Waals surface area contributed by atoms with Crippen LogP contribution in [0, 0.1) is 13.8 Å². The number of carbonyl (C=O) groups excluding carboxylic acids is 1. The maximum atomic E-state index is 12.5. The Hall–Kier alpha value is -2.58. The first kappa shape index (κ1) is 18.8. The third kappa shape index (κ3) is 4.09. The number of benzene rings is 2. The number of amides is 1. The number of methoxy groups -OCH3 is 2. The second-order valence-corrected chi connectivity index (χ2v) is 7.01. The number of nitrogens with two attached hydrogens (primary N) is 1. The Balaban J connectivity index is 2.41. The fraction of sp³-hybridized carbons (Fsp3) is 0.235. The molecule has 1 amide bonds. The average molecular weight is 364 g/mol. The number of anilines is 1. The largest absolute Gasteiger partial charge is 0.497 e. The number of hydrogen-bond donors (Lipinski definition) is 2. The third-order valence-corrected chi connectivity index (χ3v) is 4.88. The summed E-state index contributed by atoms with van der Waals surface area (Å²) >= 11 is 0. The van der Waals surface area contributed by atoms with E-state index in [-0.39, 0.29) is 10.5 Å². The number of nitrogens with one attached hydrogen (secondary N) is 1. The summed E-state index contributed by atoms with van der Waals surface area (Å²) in [5.41, 5.74) is 1.79.